The van der Waals surface area contributed by atoms with Gasteiger partial charge < -0.3 is 16.0 Å². The van der Waals surface area contributed by atoms with Crippen molar-refractivity contribution in [3.63, 3.8) is 0 Å². The molecule has 1 aliphatic rings. The fourth-order valence-corrected chi connectivity index (χ4v) is 2.83. The van der Waals surface area contributed by atoms with Gasteiger partial charge in [-0.3, -0.25) is 4.79 Å². The van der Waals surface area contributed by atoms with E-state index in [0.29, 0.717) is 5.56 Å². The maximum absolute atomic E-state index is 12.9. The summed E-state index contributed by atoms with van der Waals surface area (Å²) < 4.78 is 38.6. The number of rotatable bonds is 4. The number of carbonyl (C=O) groups excluding carboxylic acids is 1. The molecule has 0 radical (unpaired) electrons. The molecule has 0 unspecified atom stereocenters. The average molecular weight is 364 g/mol. The van der Waals surface area contributed by atoms with Crippen LogP contribution in [0.4, 0.5) is 24.7 Å². The fraction of sp³-hybridized carbons (Fsp3) is 0.333. The summed E-state index contributed by atoms with van der Waals surface area (Å²) in [6, 6.07) is 8.08. The molecule has 0 spiro atoms. The lowest BCUT2D eigenvalue weighted by molar-refractivity contribution is -0.137. The van der Waals surface area contributed by atoms with Crippen LogP contribution in [0.2, 0.25) is 0 Å². The molecule has 2 aromatic rings. The van der Waals surface area contributed by atoms with Crippen molar-refractivity contribution < 1.29 is 18.0 Å². The Balaban J connectivity index is 1.78. The monoisotopic (exact) mass is 364 g/mol. The number of pyridine rings is 1. The number of halogens is 3. The summed E-state index contributed by atoms with van der Waals surface area (Å²) in [5, 5.41) is 9.00. The average Bonchev–Trinajstić information content (AvgIpc) is 2.62. The number of hydrogen-bond acceptors (Lipinski definition) is 4. The molecular weight excluding hydrogens is 345 g/mol. The highest BCUT2D eigenvalue weighted by Crippen LogP contribution is 2.31. The van der Waals surface area contributed by atoms with E-state index in [-0.39, 0.29) is 23.5 Å². The van der Waals surface area contributed by atoms with Gasteiger partial charge >= 0.3 is 6.18 Å². The predicted molar refractivity (Wildman–Crippen MR) is 92.3 cm³/mol. The van der Waals surface area contributed by atoms with Crippen LogP contribution >= 0.6 is 0 Å². The fourth-order valence-electron chi connectivity index (χ4n) is 2.83. The second kappa shape index (κ2) is 7.74. The van der Waals surface area contributed by atoms with Crippen molar-refractivity contribution in [2.24, 2.45) is 0 Å². The molecule has 1 aromatic heterocycles. The van der Waals surface area contributed by atoms with E-state index in [4.69, 9.17) is 0 Å². The van der Waals surface area contributed by atoms with E-state index >= 15 is 0 Å². The summed E-state index contributed by atoms with van der Waals surface area (Å²) in [5.41, 5.74) is -0.253. The lowest BCUT2D eigenvalue weighted by Gasteiger charge is -2.24. The Morgan fingerprint density at radius 3 is 2.65 bits per heavy atom. The van der Waals surface area contributed by atoms with Gasteiger partial charge in [-0.15, -0.1) is 0 Å². The quantitative estimate of drug-likeness (QED) is 0.779. The van der Waals surface area contributed by atoms with Gasteiger partial charge in [0.1, 0.15) is 5.82 Å². The van der Waals surface area contributed by atoms with E-state index < -0.39 is 11.7 Å². The first-order chi connectivity index (χ1) is 12.4. The van der Waals surface area contributed by atoms with Crippen molar-refractivity contribution >= 4 is 17.4 Å². The molecule has 0 saturated carbocycles. The Hall–Kier alpha value is -2.61. The summed E-state index contributed by atoms with van der Waals surface area (Å²) in [4.78, 5) is 16.7. The smallest absolute Gasteiger partial charge is 0.349 e. The molecule has 1 aromatic carbocycles. The summed E-state index contributed by atoms with van der Waals surface area (Å²) in [6.07, 6.45) is -1.28. The molecule has 5 nitrogen and oxygen atoms in total. The topological polar surface area (TPSA) is 66.0 Å². The van der Waals surface area contributed by atoms with Crippen molar-refractivity contribution in [2.75, 3.05) is 18.4 Å². The first kappa shape index (κ1) is 18.2. The second-order valence-corrected chi connectivity index (χ2v) is 6.10. The lowest BCUT2D eigenvalue weighted by Crippen LogP contribution is -2.42. The largest absolute Gasteiger partial charge is 0.416 e. The molecule has 26 heavy (non-hydrogen) atoms. The number of carbonyl (C=O) groups is 1. The first-order valence-electron chi connectivity index (χ1n) is 8.34. The van der Waals surface area contributed by atoms with Gasteiger partial charge in [-0.25, -0.2) is 4.98 Å². The van der Waals surface area contributed by atoms with Crippen molar-refractivity contribution in [3.8, 4) is 0 Å². The Bertz CT molecular complexity index is 773. The van der Waals surface area contributed by atoms with Crippen LogP contribution in [0.25, 0.3) is 0 Å². The van der Waals surface area contributed by atoms with E-state index in [9.17, 15) is 18.0 Å². The van der Waals surface area contributed by atoms with Crippen LogP contribution < -0.4 is 16.0 Å². The Labute approximate surface area is 149 Å². The summed E-state index contributed by atoms with van der Waals surface area (Å²) in [7, 11) is 0. The van der Waals surface area contributed by atoms with Gasteiger partial charge in [0.25, 0.3) is 5.91 Å². The van der Waals surface area contributed by atoms with Gasteiger partial charge in [-0.2, -0.15) is 13.2 Å². The number of alkyl halides is 3. The van der Waals surface area contributed by atoms with Crippen molar-refractivity contribution in [1.82, 2.24) is 15.6 Å². The number of aromatic nitrogens is 1. The molecule has 3 N–H and O–H groups in total. The second-order valence-electron chi connectivity index (χ2n) is 6.10. The molecular formula is C18H19F3N4O. The van der Waals surface area contributed by atoms with E-state index in [0.717, 1.165) is 38.1 Å². The normalized spacial score (nSPS) is 15.5. The van der Waals surface area contributed by atoms with Crippen LogP contribution in [0.15, 0.2) is 42.6 Å². The number of anilines is 2. The third kappa shape index (κ3) is 4.51. The zero-order chi connectivity index (χ0) is 18.6. The van der Waals surface area contributed by atoms with Crippen molar-refractivity contribution in [1.29, 1.82) is 0 Å². The van der Waals surface area contributed by atoms with E-state index in [1.165, 1.54) is 18.3 Å². The zero-order valence-electron chi connectivity index (χ0n) is 13.9. The van der Waals surface area contributed by atoms with E-state index in [1.54, 1.807) is 12.1 Å². The maximum atomic E-state index is 12.9. The molecule has 0 bridgehead atoms. The molecule has 0 atom stereocenters. The minimum absolute atomic E-state index is 0.0744. The van der Waals surface area contributed by atoms with Crippen LogP contribution in [-0.4, -0.2) is 30.0 Å². The van der Waals surface area contributed by atoms with Gasteiger partial charge in [0.15, 0.2) is 0 Å². The lowest BCUT2D eigenvalue weighted by atomic mass is 10.1. The van der Waals surface area contributed by atoms with Gasteiger partial charge in [0.05, 0.1) is 11.1 Å². The number of nitrogens with zero attached hydrogens (tertiary/aromatic N) is 1. The van der Waals surface area contributed by atoms with Gasteiger partial charge in [0, 0.05) is 17.9 Å². The standard InChI is InChI=1S/C18H19F3N4O/c19-18(20,21)12-3-1-4-14(11-12)24-16-15(5-2-8-23-16)17(26)25-13-6-9-22-10-7-13/h1-5,8,11,13,22H,6-7,9-10H2,(H,23,24)(H,25,26). The summed E-state index contributed by atoms with van der Waals surface area (Å²) >= 11 is 0. The number of hydrogen-bond donors (Lipinski definition) is 3. The van der Waals surface area contributed by atoms with E-state index in [1.807, 2.05) is 0 Å². The SMILES string of the molecule is O=C(NC1CCNCC1)c1cccnc1Nc1cccc(C(F)(F)F)c1. The molecule has 1 amide bonds. The zero-order valence-corrected chi connectivity index (χ0v) is 13.9. The number of amides is 1. The minimum Gasteiger partial charge on any atom is -0.349 e. The highest BCUT2D eigenvalue weighted by atomic mass is 19.4. The number of nitrogens with one attached hydrogen (secondary N) is 3. The molecule has 0 aliphatic carbocycles. The van der Waals surface area contributed by atoms with Gasteiger partial charge in [-0.05, 0) is 56.3 Å². The molecule has 2 heterocycles. The third-order valence-electron chi connectivity index (χ3n) is 4.18. The molecule has 1 fully saturated rings. The molecule has 138 valence electrons. The molecule has 3 rings (SSSR count). The molecule has 1 saturated heterocycles. The van der Waals surface area contributed by atoms with Crippen LogP contribution in [-0.2, 0) is 6.18 Å². The van der Waals surface area contributed by atoms with E-state index in [2.05, 4.69) is 20.9 Å². The highest BCUT2D eigenvalue weighted by molar-refractivity contribution is 5.99. The third-order valence-corrected chi connectivity index (χ3v) is 4.18. The van der Waals surface area contributed by atoms with Crippen LogP contribution in [0.5, 0.6) is 0 Å². The Morgan fingerprint density at radius 1 is 1.15 bits per heavy atom. The van der Waals surface area contributed by atoms with Crippen molar-refractivity contribution in [3.05, 3.63) is 53.7 Å². The summed E-state index contributed by atoms with van der Waals surface area (Å²) in [5.74, 6) is -0.0715. The van der Waals surface area contributed by atoms with Crippen LogP contribution in [0.3, 0.4) is 0 Å². The van der Waals surface area contributed by atoms with Crippen molar-refractivity contribution in [2.45, 2.75) is 25.1 Å². The number of benzene rings is 1. The van der Waals surface area contributed by atoms with Crippen LogP contribution in [0, 0.1) is 0 Å². The first-order valence-corrected chi connectivity index (χ1v) is 8.34. The Morgan fingerprint density at radius 2 is 1.92 bits per heavy atom. The maximum Gasteiger partial charge on any atom is 0.416 e. The molecule has 1 aliphatic heterocycles. The highest BCUT2D eigenvalue weighted by Gasteiger charge is 2.30. The Kier molecular flexibility index (Phi) is 5.41. The number of piperidine rings is 1. The van der Waals surface area contributed by atoms with Gasteiger partial charge in [-0.1, -0.05) is 6.07 Å². The van der Waals surface area contributed by atoms with Gasteiger partial charge in [0.2, 0.25) is 0 Å². The van der Waals surface area contributed by atoms with Crippen LogP contribution in [0.1, 0.15) is 28.8 Å². The predicted octanol–water partition coefficient (Wildman–Crippen LogP) is 3.33. The molecule has 8 heteroatoms. The summed E-state index contributed by atoms with van der Waals surface area (Å²) in [6.45, 7) is 1.68. The minimum atomic E-state index is -4.43.